The molecule has 2 aromatic heterocycles. The second kappa shape index (κ2) is 5.77. The number of carbonyl (C=O) groups excluding carboxylic acids is 1. The Morgan fingerprint density at radius 3 is 2.81 bits per heavy atom. The summed E-state index contributed by atoms with van der Waals surface area (Å²) in [6, 6.07) is 7.99. The quantitative estimate of drug-likeness (QED) is 0.787. The Hall–Kier alpha value is -2.01. The lowest BCUT2D eigenvalue weighted by molar-refractivity contribution is -0.115. The van der Waals surface area contributed by atoms with Gasteiger partial charge in [-0.1, -0.05) is 32.0 Å². The number of benzene rings is 1. The number of nitrogens with one attached hydrogen (secondary N) is 1. The molecule has 3 rings (SSSR count). The zero-order valence-electron chi connectivity index (χ0n) is 12.1. The minimum atomic E-state index is -0.0378. The van der Waals surface area contributed by atoms with Crippen molar-refractivity contribution >= 4 is 44.2 Å². The SMILES string of the molecule is CCCc1nc2c(NC(=O)CC)nc3ccccc3c2s1. The topological polar surface area (TPSA) is 54.9 Å². The van der Waals surface area contributed by atoms with E-state index in [0.717, 1.165) is 39.0 Å². The number of rotatable bonds is 4. The fraction of sp³-hybridized carbons (Fsp3) is 0.312. The molecule has 0 fully saturated rings. The Labute approximate surface area is 127 Å². The predicted octanol–water partition coefficient (Wildman–Crippen LogP) is 4.15. The summed E-state index contributed by atoms with van der Waals surface area (Å²) in [7, 11) is 0. The van der Waals surface area contributed by atoms with Crippen molar-refractivity contribution in [2.45, 2.75) is 33.1 Å². The number of aromatic nitrogens is 2. The zero-order chi connectivity index (χ0) is 14.8. The molecule has 4 nitrogen and oxygen atoms in total. The van der Waals surface area contributed by atoms with Gasteiger partial charge < -0.3 is 5.32 Å². The summed E-state index contributed by atoms with van der Waals surface area (Å²) >= 11 is 1.70. The van der Waals surface area contributed by atoms with Gasteiger partial charge in [-0.05, 0) is 18.9 Å². The first-order chi connectivity index (χ1) is 10.2. The maximum Gasteiger partial charge on any atom is 0.225 e. The number of para-hydroxylation sites is 1. The van der Waals surface area contributed by atoms with Crippen molar-refractivity contribution in [3.63, 3.8) is 0 Å². The molecule has 108 valence electrons. The van der Waals surface area contributed by atoms with E-state index in [1.54, 1.807) is 11.3 Å². The van der Waals surface area contributed by atoms with Crippen LogP contribution in [0.25, 0.3) is 21.1 Å². The van der Waals surface area contributed by atoms with Crippen molar-refractivity contribution in [3.8, 4) is 0 Å². The average Bonchev–Trinajstić information content (AvgIpc) is 2.92. The van der Waals surface area contributed by atoms with Crippen molar-refractivity contribution in [2.24, 2.45) is 0 Å². The maximum absolute atomic E-state index is 11.7. The van der Waals surface area contributed by atoms with Gasteiger partial charge in [-0.25, -0.2) is 9.97 Å². The van der Waals surface area contributed by atoms with E-state index in [-0.39, 0.29) is 5.91 Å². The highest BCUT2D eigenvalue weighted by Gasteiger charge is 2.14. The van der Waals surface area contributed by atoms with Crippen LogP contribution in [0.1, 0.15) is 31.7 Å². The molecule has 0 saturated heterocycles. The number of hydrogen-bond acceptors (Lipinski definition) is 4. The molecule has 0 radical (unpaired) electrons. The zero-order valence-corrected chi connectivity index (χ0v) is 13.0. The van der Waals surface area contributed by atoms with Crippen LogP contribution in [0.4, 0.5) is 5.82 Å². The maximum atomic E-state index is 11.7. The molecule has 3 aromatic rings. The summed E-state index contributed by atoms with van der Waals surface area (Å²) < 4.78 is 1.11. The van der Waals surface area contributed by atoms with E-state index in [1.165, 1.54) is 0 Å². The summed E-state index contributed by atoms with van der Waals surface area (Å²) in [6.07, 6.45) is 2.44. The van der Waals surface area contributed by atoms with Crippen LogP contribution in [-0.4, -0.2) is 15.9 Å². The van der Waals surface area contributed by atoms with Gasteiger partial charge in [-0.2, -0.15) is 0 Å². The number of nitrogens with zero attached hydrogens (tertiary/aromatic N) is 2. The highest BCUT2D eigenvalue weighted by Crippen LogP contribution is 2.34. The molecule has 0 aliphatic carbocycles. The van der Waals surface area contributed by atoms with Gasteiger partial charge in [0.1, 0.15) is 5.52 Å². The third-order valence-corrected chi connectivity index (χ3v) is 4.47. The highest BCUT2D eigenvalue weighted by atomic mass is 32.1. The van der Waals surface area contributed by atoms with Crippen molar-refractivity contribution in [1.82, 2.24) is 9.97 Å². The van der Waals surface area contributed by atoms with Crippen molar-refractivity contribution in [3.05, 3.63) is 29.3 Å². The Kier molecular flexibility index (Phi) is 3.84. The average molecular weight is 299 g/mol. The first-order valence-corrected chi connectivity index (χ1v) is 8.02. The minimum absolute atomic E-state index is 0.0378. The molecule has 0 saturated carbocycles. The third kappa shape index (κ3) is 2.61. The molecule has 0 spiro atoms. The second-order valence-corrected chi connectivity index (χ2v) is 6.00. The van der Waals surface area contributed by atoms with Gasteiger partial charge in [0.05, 0.1) is 15.2 Å². The van der Waals surface area contributed by atoms with Gasteiger partial charge >= 0.3 is 0 Å². The van der Waals surface area contributed by atoms with Gasteiger partial charge in [0, 0.05) is 11.8 Å². The number of hydrogen-bond donors (Lipinski definition) is 1. The van der Waals surface area contributed by atoms with Crippen LogP contribution in [0.3, 0.4) is 0 Å². The number of anilines is 1. The van der Waals surface area contributed by atoms with E-state index in [0.29, 0.717) is 12.2 Å². The van der Waals surface area contributed by atoms with Crippen molar-refractivity contribution in [2.75, 3.05) is 5.32 Å². The summed E-state index contributed by atoms with van der Waals surface area (Å²) in [6.45, 7) is 3.97. The number of amides is 1. The number of thiazole rings is 1. The predicted molar refractivity (Wildman–Crippen MR) is 87.8 cm³/mol. The van der Waals surface area contributed by atoms with Gasteiger partial charge in [-0.3, -0.25) is 4.79 Å². The molecule has 0 atom stereocenters. The number of aryl methyl sites for hydroxylation is 1. The van der Waals surface area contributed by atoms with E-state index in [1.807, 2.05) is 25.1 Å². The van der Waals surface area contributed by atoms with Gasteiger partial charge in [0.25, 0.3) is 0 Å². The summed E-state index contributed by atoms with van der Waals surface area (Å²) in [4.78, 5) is 21.0. The monoisotopic (exact) mass is 299 g/mol. The van der Waals surface area contributed by atoms with E-state index in [9.17, 15) is 4.79 Å². The first kappa shape index (κ1) is 13.9. The Bertz CT molecular complexity index is 810. The Morgan fingerprint density at radius 1 is 1.24 bits per heavy atom. The van der Waals surface area contributed by atoms with Crippen LogP contribution < -0.4 is 5.32 Å². The first-order valence-electron chi connectivity index (χ1n) is 7.21. The molecule has 1 amide bonds. The Morgan fingerprint density at radius 2 is 2.05 bits per heavy atom. The third-order valence-electron chi connectivity index (χ3n) is 3.32. The lowest BCUT2D eigenvalue weighted by Gasteiger charge is -2.06. The van der Waals surface area contributed by atoms with E-state index in [4.69, 9.17) is 0 Å². The number of carbonyl (C=O) groups is 1. The van der Waals surface area contributed by atoms with Crippen LogP contribution in [-0.2, 0) is 11.2 Å². The lowest BCUT2D eigenvalue weighted by atomic mass is 10.2. The smallest absolute Gasteiger partial charge is 0.225 e. The molecular weight excluding hydrogens is 282 g/mol. The molecule has 0 bridgehead atoms. The molecule has 21 heavy (non-hydrogen) atoms. The fourth-order valence-electron chi connectivity index (χ4n) is 2.27. The molecule has 2 heterocycles. The molecule has 1 N–H and O–H groups in total. The molecular formula is C16H17N3OS. The van der Waals surface area contributed by atoms with Crippen LogP contribution in [0.5, 0.6) is 0 Å². The Balaban J connectivity index is 2.25. The molecule has 0 aliphatic rings. The van der Waals surface area contributed by atoms with E-state index < -0.39 is 0 Å². The van der Waals surface area contributed by atoms with E-state index >= 15 is 0 Å². The molecule has 5 heteroatoms. The molecule has 1 aromatic carbocycles. The van der Waals surface area contributed by atoms with Crippen molar-refractivity contribution in [1.29, 1.82) is 0 Å². The number of pyridine rings is 1. The lowest BCUT2D eigenvalue weighted by Crippen LogP contribution is -2.11. The van der Waals surface area contributed by atoms with Crippen LogP contribution in [0, 0.1) is 0 Å². The van der Waals surface area contributed by atoms with Crippen LogP contribution >= 0.6 is 11.3 Å². The highest BCUT2D eigenvalue weighted by molar-refractivity contribution is 7.19. The standard InChI is InChI=1S/C16H17N3OS/c1-3-7-13-19-14-15(21-13)10-8-5-6-9-11(10)17-16(14)18-12(20)4-2/h5-6,8-9H,3-4,7H2,1-2H3,(H,17,18,20). The van der Waals surface area contributed by atoms with Crippen molar-refractivity contribution < 1.29 is 4.79 Å². The van der Waals surface area contributed by atoms with E-state index in [2.05, 4.69) is 28.3 Å². The van der Waals surface area contributed by atoms with Gasteiger partial charge in [0.15, 0.2) is 5.82 Å². The normalized spacial score (nSPS) is 11.1. The van der Waals surface area contributed by atoms with Crippen LogP contribution in [0.15, 0.2) is 24.3 Å². The second-order valence-electron chi connectivity index (χ2n) is 4.91. The van der Waals surface area contributed by atoms with Gasteiger partial charge in [-0.15, -0.1) is 11.3 Å². The molecule has 0 aliphatic heterocycles. The summed E-state index contributed by atoms with van der Waals surface area (Å²) in [5.74, 6) is 0.540. The minimum Gasteiger partial charge on any atom is -0.309 e. The summed E-state index contributed by atoms with van der Waals surface area (Å²) in [5, 5.41) is 5.07. The number of fused-ring (bicyclic) bond motifs is 3. The van der Waals surface area contributed by atoms with Crippen LogP contribution in [0.2, 0.25) is 0 Å². The van der Waals surface area contributed by atoms with Gasteiger partial charge in [0.2, 0.25) is 5.91 Å². The molecule has 0 unspecified atom stereocenters. The fourth-order valence-corrected chi connectivity index (χ4v) is 3.47. The summed E-state index contributed by atoms with van der Waals surface area (Å²) in [5.41, 5.74) is 1.70. The largest absolute Gasteiger partial charge is 0.309 e.